The van der Waals surface area contributed by atoms with Crippen LogP contribution in [0.25, 0.3) is 0 Å². The molecule has 1 aliphatic rings. The molecule has 0 saturated carbocycles. The van der Waals surface area contributed by atoms with Crippen molar-refractivity contribution >= 4 is 0 Å². The third-order valence-corrected chi connectivity index (χ3v) is 3.71. The first kappa shape index (κ1) is 12.5. The van der Waals surface area contributed by atoms with Gasteiger partial charge in [-0.3, -0.25) is 9.88 Å². The van der Waals surface area contributed by atoms with Crippen LogP contribution in [0.1, 0.15) is 32.0 Å². The number of rotatable bonds is 4. The molecule has 94 valence electrons. The Balaban J connectivity index is 2.00. The van der Waals surface area contributed by atoms with Crippen LogP contribution >= 0.6 is 0 Å². The molecule has 1 unspecified atom stereocenters. The number of aromatic nitrogens is 1. The molecule has 0 aromatic carbocycles. The number of hydrogen-bond acceptors (Lipinski definition) is 3. The highest BCUT2D eigenvalue weighted by Crippen LogP contribution is 2.23. The predicted molar refractivity (Wildman–Crippen MR) is 71.0 cm³/mol. The van der Waals surface area contributed by atoms with Crippen LogP contribution in [0.4, 0.5) is 0 Å². The molecule has 2 heterocycles. The smallest absolute Gasteiger partial charge is 0.0575 e. The zero-order valence-corrected chi connectivity index (χ0v) is 11.0. The normalized spacial score (nSPS) is 20.4. The molecule has 17 heavy (non-hydrogen) atoms. The number of hydrogen-bond donors (Lipinski definition) is 0. The van der Waals surface area contributed by atoms with Crippen LogP contribution in [0.15, 0.2) is 24.4 Å². The van der Waals surface area contributed by atoms with Crippen molar-refractivity contribution in [3.05, 3.63) is 30.1 Å². The van der Waals surface area contributed by atoms with Crippen LogP contribution in [-0.2, 0) is 0 Å². The second-order valence-corrected chi connectivity index (χ2v) is 4.65. The van der Waals surface area contributed by atoms with Crippen molar-refractivity contribution in [1.29, 1.82) is 0 Å². The molecule has 1 saturated heterocycles. The minimum Gasteiger partial charge on any atom is -0.301 e. The maximum absolute atomic E-state index is 4.51. The van der Waals surface area contributed by atoms with Crippen LogP contribution in [0.2, 0.25) is 0 Å². The lowest BCUT2D eigenvalue weighted by Crippen LogP contribution is -2.47. The standard InChI is InChI=1S/C14H23N3/c1-3-14(13-7-5-6-8-15-13)17-11-9-16(4-2)10-12-17/h5-8,14H,3-4,9-12H2,1-2H3. The van der Waals surface area contributed by atoms with Crippen molar-refractivity contribution in [1.82, 2.24) is 14.8 Å². The zero-order valence-electron chi connectivity index (χ0n) is 11.0. The summed E-state index contributed by atoms with van der Waals surface area (Å²) >= 11 is 0. The van der Waals surface area contributed by atoms with Crippen LogP contribution in [0.5, 0.6) is 0 Å². The van der Waals surface area contributed by atoms with Gasteiger partial charge < -0.3 is 4.90 Å². The summed E-state index contributed by atoms with van der Waals surface area (Å²) in [5.74, 6) is 0. The van der Waals surface area contributed by atoms with Crippen molar-refractivity contribution in [3.8, 4) is 0 Å². The summed E-state index contributed by atoms with van der Waals surface area (Å²) in [7, 11) is 0. The molecule has 3 heteroatoms. The monoisotopic (exact) mass is 233 g/mol. The van der Waals surface area contributed by atoms with E-state index < -0.39 is 0 Å². The predicted octanol–water partition coefficient (Wildman–Crippen LogP) is 2.17. The van der Waals surface area contributed by atoms with Crippen LogP contribution < -0.4 is 0 Å². The molecule has 1 aromatic heterocycles. The Morgan fingerprint density at radius 3 is 2.47 bits per heavy atom. The maximum atomic E-state index is 4.51. The summed E-state index contributed by atoms with van der Waals surface area (Å²) in [5, 5.41) is 0. The first-order valence-corrected chi connectivity index (χ1v) is 6.72. The van der Waals surface area contributed by atoms with Gasteiger partial charge >= 0.3 is 0 Å². The Labute approximate surface area is 104 Å². The second-order valence-electron chi connectivity index (χ2n) is 4.65. The molecule has 0 amide bonds. The Morgan fingerprint density at radius 1 is 1.18 bits per heavy atom. The highest BCUT2D eigenvalue weighted by Gasteiger charge is 2.23. The topological polar surface area (TPSA) is 19.4 Å². The number of nitrogens with zero attached hydrogens (tertiary/aromatic N) is 3. The highest BCUT2D eigenvalue weighted by atomic mass is 15.3. The van der Waals surface area contributed by atoms with Crippen LogP contribution in [-0.4, -0.2) is 47.5 Å². The van der Waals surface area contributed by atoms with Gasteiger partial charge in [-0.05, 0) is 25.1 Å². The Kier molecular flexibility index (Phi) is 4.51. The van der Waals surface area contributed by atoms with E-state index in [0.717, 1.165) is 6.42 Å². The Hall–Kier alpha value is -0.930. The molecule has 1 fully saturated rings. The summed E-state index contributed by atoms with van der Waals surface area (Å²) in [6.45, 7) is 10.4. The Bertz CT molecular complexity index is 317. The van der Waals surface area contributed by atoms with E-state index in [9.17, 15) is 0 Å². The number of pyridine rings is 1. The molecular weight excluding hydrogens is 210 g/mol. The lowest BCUT2D eigenvalue weighted by molar-refractivity contribution is 0.0954. The van der Waals surface area contributed by atoms with Gasteiger partial charge in [0.2, 0.25) is 0 Å². The molecule has 0 spiro atoms. The molecule has 1 aromatic rings. The maximum Gasteiger partial charge on any atom is 0.0575 e. The molecule has 1 atom stereocenters. The molecule has 2 rings (SSSR count). The van der Waals surface area contributed by atoms with E-state index in [4.69, 9.17) is 0 Å². The molecular formula is C14H23N3. The van der Waals surface area contributed by atoms with Gasteiger partial charge in [0, 0.05) is 32.4 Å². The lowest BCUT2D eigenvalue weighted by atomic mass is 10.1. The van der Waals surface area contributed by atoms with E-state index in [1.807, 2.05) is 12.3 Å². The minimum absolute atomic E-state index is 0.496. The summed E-state index contributed by atoms with van der Waals surface area (Å²) < 4.78 is 0. The Morgan fingerprint density at radius 2 is 1.94 bits per heavy atom. The van der Waals surface area contributed by atoms with Gasteiger partial charge in [0.1, 0.15) is 0 Å². The fourth-order valence-electron chi connectivity index (χ4n) is 2.62. The zero-order chi connectivity index (χ0) is 12.1. The van der Waals surface area contributed by atoms with Crippen molar-refractivity contribution in [2.24, 2.45) is 0 Å². The lowest BCUT2D eigenvalue weighted by Gasteiger charge is -2.38. The van der Waals surface area contributed by atoms with Gasteiger partial charge in [0.25, 0.3) is 0 Å². The third-order valence-electron chi connectivity index (χ3n) is 3.71. The van der Waals surface area contributed by atoms with E-state index >= 15 is 0 Å². The van der Waals surface area contributed by atoms with Crippen LogP contribution in [0, 0.1) is 0 Å². The minimum atomic E-state index is 0.496. The van der Waals surface area contributed by atoms with Crippen molar-refractivity contribution in [2.75, 3.05) is 32.7 Å². The van der Waals surface area contributed by atoms with E-state index in [1.54, 1.807) is 0 Å². The van der Waals surface area contributed by atoms with Gasteiger partial charge in [0.15, 0.2) is 0 Å². The number of piperazine rings is 1. The molecule has 0 bridgehead atoms. The van der Waals surface area contributed by atoms with Gasteiger partial charge in [-0.2, -0.15) is 0 Å². The van der Waals surface area contributed by atoms with Crippen molar-refractivity contribution in [2.45, 2.75) is 26.3 Å². The van der Waals surface area contributed by atoms with E-state index in [1.165, 1.54) is 38.4 Å². The van der Waals surface area contributed by atoms with E-state index in [0.29, 0.717) is 6.04 Å². The first-order chi connectivity index (χ1) is 8.35. The number of likely N-dealkylation sites (N-methyl/N-ethyl adjacent to an activating group) is 1. The van der Waals surface area contributed by atoms with Gasteiger partial charge in [-0.1, -0.05) is 19.9 Å². The summed E-state index contributed by atoms with van der Waals surface area (Å²) in [6, 6.07) is 6.73. The van der Waals surface area contributed by atoms with Gasteiger partial charge in [-0.25, -0.2) is 0 Å². The summed E-state index contributed by atoms with van der Waals surface area (Å²) in [4.78, 5) is 9.60. The SMILES string of the molecule is CCC(c1ccccn1)N1CCN(CC)CC1. The molecule has 0 radical (unpaired) electrons. The highest BCUT2D eigenvalue weighted by molar-refractivity contribution is 5.09. The summed E-state index contributed by atoms with van der Waals surface area (Å²) in [6.07, 6.45) is 3.05. The third kappa shape index (κ3) is 3.05. The van der Waals surface area contributed by atoms with Crippen LogP contribution in [0.3, 0.4) is 0 Å². The fraction of sp³-hybridized carbons (Fsp3) is 0.643. The molecule has 3 nitrogen and oxygen atoms in total. The summed E-state index contributed by atoms with van der Waals surface area (Å²) in [5.41, 5.74) is 1.22. The molecule has 0 N–H and O–H groups in total. The second kappa shape index (κ2) is 6.12. The average Bonchev–Trinajstić information content (AvgIpc) is 2.42. The molecule has 1 aliphatic heterocycles. The van der Waals surface area contributed by atoms with Crippen molar-refractivity contribution in [3.63, 3.8) is 0 Å². The van der Waals surface area contributed by atoms with Gasteiger partial charge in [-0.15, -0.1) is 0 Å². The first-order valence-electron chi connectivity index (χ1n) is 6.72. The molecule has 0 aliphatic carbocycles. The van der Waals surface area contributed by atoms with E-state index in [2.05, 4.69) is 40.8 Å². The van der Waals surface area contributed by atoms with Gasteiger partial charge in [0.05, 0.1) is 11.7 Å². The fourth-order valence-corrected chi connectivity index (χ4v) is 2.62. The quantitative estimate of drug-likeness (QED) is 0.794. The van der Waals surface area contributed by atoms with Crippen molar-refractivity contribution < 1.29 is 0 Å². The average molecular weight is 233 g/mol. The van der Waals surface area contributed by atoms with E-state index in [-0.39, 0.29) is 0 Å². The largest absolute Gasteiger partial charge is 0.301 e.